The second-order valence-electron chi connectivity index (χ2n) is 6.97. The van der Waals surface area contributed by atoms with Gasteiger partial charge in [-0.1, -0.05) is 30.3 Å². The number of nitrogens with one attached hydrogen (secondary N) is 1. The molecule has 5 nitrogen and oxygen atoms in total. The maximum Gasteiger partial charge on any atom is 0.208 e. The molecule has 0 amide bonds. The highest BCUT2D eigenvalue weighted by molar-refractivity contribution is 7.91. The van der Waals surface area contributed by atoms with Crippen molar-refractivity contribution in [3.63, 3.8) is 0 Å². The van der Waals surface area contributed by atoms with Crippen LogP contribution in [0.1, 0.15) is 0 Å². The fourth-order valence-corrected chi connectivity index (χ4v) is 5.30. The Labute approximate surface area is 152 Å². The van der Waals surface area contributed by atoms with Crippen molar-refractivity contribution in [3.05, 3.63) is 60.8 Å². The average molecular weight is 365 g/mol. The van der Waals surface area contributed by atoms with Gasteiger partial charge >= 0.3 is 0 Å². The van der Waals surface area contributed by atoms with Crippen LogP contribution >= 0.6 is 0 Å². The van der Waals surface area contributed by atoms with Gasteiger partial charge in [0.1, 0.15) is 0 Å². The Hall–Kier alpha value is -2.44. The lowest BCUT2D eigenvalue weighted by Crippen LogP contribution is -2.55. The first-order valence-electron chi connectivity index (χ1n) is 8.81. The predicted octanol–water partition coefficient (Wildman–Crippen LogP) is 2.48. The van der Waals surface area contributed by atoms with E-state index in [4.69, 9.17) is 0 Å². The quantitative estimate of drug-likeness (QED) is 0.773. The molecule has 6 heteroatoms. The van der Waals surface area contributed by atoms with E-state index in [1.54, 1.807) is 30.3 Å². The van der Waals surface area contributed by atoms with E-state index in [0.717, 1.165) is 36.2 Å². The summed E-state index contributed by atoms with van der Waals surface area (Å²) in [5.74, 6) is 0.711. The molecule has 3 heterocycles. The van der Waals surface area contributed by atoms with Crippen molar-refractivity contribution in [2.24, 2.45) is 5.92 Å². The molecule has 2 aliphatic rings. The number of hydrogen-bond donors (Lipinski definition) is 1. The number of fused-ring (bicyclic) bond motifs is 2. The molecular weight excluding hydrogens is 346 g/mol. The van der Waals surface area contributed by atoms with Gasteiger partial charge in [0.25, 0.3) is 0 Å². The molecule has 0 spiro atoms. The summed E-state index contributed by atoms with van der Waals surface area (Å²) >= 11 is 0. The standard InChI is InChI=1S/C20H19N3O2S/c24-26(25,16-6-2-1-3-7-16)17-9-14-5-4-8-18(20(14)22-11-17)23-13-15-10-21-12-19(15)23/h1-9,11,15,19,21H,10,12-13H2. The summed E-state index contributed by atoms with van der Waals surface area (Å²) in [6.45, 7) is 3.11. The number of benzene rings is 2. The highest BCUT2D eigenvalue weighted by Gasteiger charge is 2.42. The highest BCUT2D eigenvalue weighted by atomic mass is 32.2. The van der Waals surface area contributed by atoms with Crippen LogP contribution in [-0.2, 0) is 9.84 Å². The van der Waals surface area contributed by atoms with Crippen molar-refractivity contribution < 1.29 is 8.42 Å². The summed E-state index contributed by atoms with van der Waals surface area (Å²) in [6, 6.07) is 16.7. The predicted molar refractivity (Wildman–Crippen MR) is 101 cm³/mol. The molecule has 2 aromatic carbocycles. The zero-order valence-corrected chi connectivity index (χ0v) is 15.0. The normalized spacial score (nSPS) is 22.2. The second kappa shape index (κ2) is 5.79. The summed E-state index contributed by atoms with van der Waals surface area (Å²) in [5.41, 5.74) is 1.96. The summed E-state index contributed by atoms with van der Waals surface area (Å²) < 4.78 is 25.7. The minimum atomic E-state index is -3.56. The molecular formula is C20H19N3O2S. The van der Waals surface area contributed by atoms with Gasteiger partial charge in [0.15, 0.2) is 0 Å². The zero-order valence-electron chi connectivity index (χ0n) is 14.2. The largest absolute Gasteiger partial charge is 0.365 e. The Balaban J connectivity index is 1.57. The Morgan fingerprint density at radius 1 is 1.00 bits per heavy atom. The van der Waals surface area contributed by atoms with Crippen molar-refractivity contribution >= 4 is 26.4 Å². The van der Waals surface area contributed by atoms with Crippen LogP contribution in [0.2, 0.25) is 0 Å². The molecule has 5 rings (SSSR count). The molecule has 3 aromatic rings. The maximum atomic E-state index is 12.9. The first kappa shape index (κ1) is 15.8. The lowest BCUT2D eigenvalue weighted by atomic mass is 9.91. The van der Waals surface area contributed by atoms with E-state index >= 15 is 0 Å². The Morgan fingerprint density at radius 3 is 2.65 bits per heavy atom. The summed E-state index contributed by atoms with van der Waals surface area (Å²) in [6.07, 6.45) is 1.48. The minimum Gasteiger partial charge on any atom is -0.365 e. The molecule has 1 aromatic heterocycles. The van der Waals surface area contributed by atoms with E-state index < -0.39 is 9.84 Å². The van der Waals surface area contributed by atoms with Gasteiger partial charge in [-0.3, -0.25) is 4.98 Å². The second-order valence-corrected chi connectivity index (χ2v) is 8.92. The fourth-order valence-electron chi connectivity index (χ4n) is 4.04. The van der Waals surface area contributed by atoms with E-state index in [1.807, 2.05) is 18.2 Å². The SMILES string of the molecule is O=S(=O)(c1ccccc1)c1cnc2c(N3CC4CNCC43)cccc2c1. The summed E-state index contributed by atoms with van der Waals surface area (Å²) in [4.78, 5) is 7.45. The smallest absolute Gasteiger partial charge is 0.208 e. The number of anilines is 1. The van der Waals surface area contributed by atoms with Crippen LogP contribution in [0.15, 0.2) is 70.6 Å². The summed E-state index contributed by atoms with van der Waals surface area (Å²) in [5, 5.41) is 4.29. The average Bonchev–Trinajstić information content (AvgIpc) is 3.03. The number of para-hydroxylation sites is 1. The van der Waals surface area contributed by atoms with Crippen molar-refractivity contribution in [1.82, 2.24) is 10.3 Å². The zero-order chi connectivity index (χ0) is 17.7. The lowest BCUT2D eigenvalue weighted by Gasteiger charge is -2.45. The number of hydrogen-bond acceptors (Lipinski definition) is 5. The number of nitrogens with zero attached hydrogens (tertiary/aromatic N) is 2. The molecule has 2 fully saturated rings. The van der Waals surface area contributed by atoms with Crippen LogP contribution in [0.4, 0.5) is 5.69 Å². The van der Waals surface area contributed by atoms with E-state index in [0.29, 0.717) is 16.9 Å². The highest BCUT2D eigenvalue weighted by Crippen LogP contribution is 2.37. The van der Waals surface area contributed by atoms with E-state index in [1.165, 1.54) is 6.20 Å². The van der Waals surface area contributed by atoms with Crippen molar-refractivity contribution in [2.75, 3.05) is 24.5 Å². The summed E-state index contributed by atoms with van der Waals surface area (Å²) in [7, 11) is -3.56. The van der Waals surface area contributed by atoms with Crippen LogP contribution in [0, 0.1) is 5.92 Å². The first-order valence-corrected chi connectivity index (χ1v) is 10.3. The number of sulfone groups is 1. The van der Waals surface area contributed by atoms with Crippen molar-refractivity contribution in [3.8, 4) is 0 Å². The fraction of sp³-hybridized carbons (Fsp3) is 0.250. The topological polar surface area (TPSA) is 62.3 Å². The Morgan fingerprint density at radius 2 is 1.85 bits per heavy atom. The van der Waals surface area contributed by atoms with Gasteiger partial charge in [0.05, 0.1) is 21.0 Å². The van der Waals surface area contributed by atoms with E-state index in [9.17, 15) is 8.42 Å². The van der Waals surface area contributed by atoms with Gasteiger partial charge in [-0.05, 0) is 24.3 Å². The molecule has 0 radical (unpaired) electrons. The van der Waals surface area contributed by atoms with Crippen LogP contribution < -0.4 is 10.2 Å². The van der Waals surface area contributed by atoms with E-state index in [-0.39, 0.29) is 4.90 Å². The van der Waals surface area contributed by atoms with Gasteiger partial charge in [0, 0.05) is 43.2 Å². The van der Waals surface area contributed by atoms with Gasteiger partial charge < -0.3 is 10.2 Å². The monoisotopic (exact) mass is 365 g/mol. The molecule has 2 saturated heterocycles. The van der Waals surface area contributed by atoms with Crippen LogP contribution in [-0.4, -0.2) is 39.1 Å². The lowest BCUT2D eigenvalue weighted by molar-refractivity contribution is 0.366. The van der Waals surface area contributed by atoms with Crippen LogP contribution in [0.3, 0.4) is 0 Å². The van der Waals surface area contributed by atoms with E-state index in [2.05, 4.69) is 21.3 Å². The minimum absolute atomic E-state index is 0.234. The molecule has 0 saturated carbocycles. The van der Waals surface area contributed by atoms with Crippen LogP contribution in [0.5, 0.6) is 0 Å². The molecule has 0 aliphatic carbocycles. The third-order valence-corrected chi connectivity index (χ3v) is 7.21. The Kier molecular flexibility index (Phi) is 3.52. The third-order valence-electron chi connectivity index (χ3n) is 5.47. The number of aromatic nitrogens is 1. The third kappa shape index (κ3) is 2.33. The molecule has 2 atom stereocenters. The van der Waals surface area contributed by atoms with Gasteiger partial charge in [-0.25, -0.2) is 8.42 Å². The molecule has 1 N–H and O–H groups in total. The molecule has 0 bridgehead atoms. The van der Waals surface area contributed by atoms with Crippen LogP contribution in [0.25, 0.3) is 10.9 Å². The van der Waals surface area contributed by atoms with Gasteiger partial charge in [-0.2, -0.15) is 0 Å². The molecule has 132 valence electrons. The first-order chi connectivity index (χ1) is 12.6. The van der Waals surface area contributed by atoms with Crippen molar-refractivity contribution in [2.45, 2.75) is 15.8 Å². The van der Waals surface area contributed by atoms with Gasteiger partial charge in [0.2, 0.25) is 9.84 Å². The number of pyridine rings is 1. The Bertz CT molecular complexity index is 1080. The molecule has 26 heavy (non-hydrogen) atoms. The number of rotatable bonds is 3. The van der Waals surface area contributed by atoms with Crippen molar-refractivity contribution in [1.29, 1.82) is 0 Å². The molecule has 2 unspecified atom stereocenters. The van der Waals surface area contributed by atoms with Gasteiger partial charge in [-0.15, -0.1) is 0 Å². The molecule has 2 aliphatic heterocycles. The maximum absolute atomic E-state index is 12.9.